The van der Waals surface area contributed by atoms with Crippen LogP contribution in [0, 0.1) is 0 Å². The maximum absolute atomic E-state index is 12.3. The minimum Gasteiger partial charge on any atom is -0.465 e. The van der Waals surface area contributed by atoms with E-state index in [1.807, 2.05) is 0 Å². The second-order valence-corrected chi connectivity index (χ2v) is 4.47. The summed E-state index contributed by atoms with van der Waals surface area (Å²) in [5.74, 6) is -1.42. The second-order valence-electron chi connectivity index (χ2n) is 3.55. The second kappa shape index (κ2) is 6.18. The van der Waals surface area contributed by atoms with E-state index >= 15 is 0 Å². The summed E-state index contributed by atoms with van der Waals surface area (Å²) in [6.07, 6.45) is -4.46. The highest BCUT2D eigenvalue weighted by molar-refractivity contribution is 9.10. The van der Waals surface area contributed by atoms with Gasteiger partial charge in [0.15, 0.2) is 10.6 Å². The Kier molecular flexibility index (Phi) is 5.11. The molecule has 1 rings (SSSR count). The van der Waals surface area contributed by atoms with Gasteiger partial charge in [0.1, 0.15) is 0 Å². The van der Waals surface area contributed by atoms with E-state index in [2.05, 4.69) is 20.7 Å². The Bertz CT molecular complexity index is 468. The van der Waals surface area contributed by atoms with Crippen LogP contribution in [0.25, 0.3) is 0 Å². The third-order valence-electron chi connectivity index (χ3n) is 2.22. The highest BCUT2D eigenvalue weighted by atomic mass is 79.9. The largest absolute Gasteiger partial charge is 0.465 e. The van der Waals surface area contributed by atoms with E-state index in [1.165, 1.54) is 0 Å². The van der Waals surface area contributed by atoms with E-state index in [0.29, 0.717) is 0 Å². The average molecular weight is 339 g/mol. The van der Waals surface area contributed by atoms with Crippen LogP contribution in [0.3, 0.4) is 0 Å². The lowest BCUT2D eigenvalue weighted by Crippen LogP contribution is -2.26. The van der Waals surface area contributed by atoms with Gasteiger partial charge in [0.25, 0.3) is 0 Å². The van der Waals surface area contributed by atoms with Gasteiger partial charge in [-0.2, -0.15) is 13.2 Å². The first-order valence-corrected chi connectivity index (χ1v) is 6.21. The Balaban J connectivity index is 2.87. The molecule has 0 spiro atoms. The molecule has 0 amide bonds. The van der Waals surface area contributed by atoms with Gasteiger partial charge in [-0.15, -0.1) is 0 Å². The molecule has 1 aromatic carbocycles. The monoisotopic (exact) mass is 338 g/mol. The van der Waals surface area contributed by atoms with Gasteiger partial charge in [-0.25, -0.2) is 0 Å². The lowest BCUT2D eigenvalue weighted by atomic mass is 10.1. The van der Waals surface area contributed by atoms with Crippen molar-refractivity contribution in [1.29, 1.82) is 0 Å². The smallest absolute Gasteiger partial charge is 0.416 e. The molecule has 104 valence electrons. The lowest BCUT2D eigenvalue weighted by molar-refractivity contribution is -0.141. The number of carbonyl (C=O) groups excluding carboxylic acids is 2. The zero-order valence-electron chi connectivity index (χ0n) is 9.83. The molecule has 0 aliphatic carbocycles. The number of Topliss-reactive ketones (excluding diaryl/α,β-unsaturated/α-hetero) is 1. The molecular weight excluding hydrogens is 329 g/mol. The van der Waals surface area contributed by atoms with Gasteiger partial charge < -0.3 is 4.74 Å². The van der Waals surface area contributed by atoms with Crippen molar-refractivity contribution >= 4 is 27.7 Å². The Labute approximate surface area is 115 Å². The number of hydrogen-bond acceptors (Lipinski definition) is 3. The van der Waals surface area contributed by atoms with Crippen LogP contribution < -0.4 is 0 Å². The molecule has 1 aromatic rings. The molecule has 0 heterocycles. The zero-order chi connectivity index (χ0) is 14.6. The van der Waals surface area contributed by atoms with E-state index < -0.39 is 28.3 Å². The number of hydrogen-bond donors (Lipinski definition) is 0. The molecule has 0 bridgehead atoms. The zero-order valence-corrected chi connectivity index (χ0v) is 11.4. The highest BCUT2D eigenvalue weighted by Gasteiger charge is 2.31. The van der Waals surface area contributed by atoms with E-state index in [9.17, 15) is 22.8 Å². The number of rotatable bonds is 4. The summed E-state index contributed by atoms with van der Waals surface area (Å²) in [7, 11) is 0. The van der Waals surface area contributed by atoms with Gasteiger partial charge >= 0.3 is 12.1 Å². The molecule has 0 N–H and O–H groups in total. The fourth-order valence-electron chi connectivity index (χ4n) is 1.29. The molecule has 0 aromatic heterocycles. The summed E-state index contributed by atoms with van der Waals surface area (Å²) in [5, 5.41) is 0. The van der Waals surface area contributed by atoms with Crippen molar-refractivity contribution in [2.45, 2.75) is 17.9 Å². The van der Waals surface area contributed by atoms with Crippen LogP contribution in [0.2, 0.25) is 0 Å². The summed E-state index contributed by atoms with van der Waals surface area (Å²) >= 11 is 2.86. The molecule has 0 saturated carbocycles. The average Bonchev–Trinajstić information content (AvgIpc) is 2.36. The normalized spacial score (nSPS) is 12.9. The molecule has 0 aliphatic rings. The first kappa shape index (κ1) is 15.7. The first-order chi connectivity index (χ1) is 8.77. The van der Waals surface area contributed by atoms with Crippen molar-refractivity contribution in [3.8, 4) is 0 Å². The molecule has 0 fully saturated rings. The predicted octanol–water partition coefficient (Wildman–Crippen LogP) is 3.21. The topological polar surface area (TPSA) is 43.4 Å². The third-order valence-corrected chi connectivity index (χ3v) is 3.01. The predicted molar refractivity (Wildman–Crippen MR) is 65.1 cm³/mol. The number of ether oxygens (including phenoxy) is 1. The minimum absolute atomic E-state index is 0.00271. The van der Waals surface area contributed by atoms with Gasteiger partial charge in [0, 0.05) is 5.56 Å². The number of benzene rings is 1. The van der Waals surface area contributed by atoms with Crippen molar-refractivity contribution in [3.63, 3.8) is 0 Å². The van der Waals surface area contributed by atoms with Gasteiger partial charge in [-0.05, 0) is 19.1 Å². The number of esters is 1. The van der Waals surface area contributed by atoms with Crippen molar-refractivity contribution < 1.29 is 27.5 Å². The number of alkyl halides is 4. The Hall–Kier alpha value is -1.37. The van der Waals surface area contributed by atoms with Crippen LogP contribution in [0.1, 0.15) is 22.8 Å². The van der Waals surface area contributed by atoms with Crippen molar-refractivity contribution in [3.05, 3.63) is 35.4 Å². The van der Waals surface area contributed by atoms with Gasteiger partial charge in [-0.1, -0.05) is 28.1 Å². The van der Waals surface area contributed by atoms with Gasteiger partial charge in [0.05, 0.1) is 12.2 Å². The summed E-state index contributed by atoms with van der Waals surface area (Å²) in [6.45, 7) is 1.70. The summed E-state index contributed by atoms with van der Waals surface area (Å²) < 4.78 is 41.7. The summed E-state index contributed by atoms with van der Waals surface area (Å²) in [6, 6.07) is 3.63. The van der Waals surface area contributed by atoms with Crippen molar-refractivity contribution in [2.24, 2.45) is 0 Å². The quantitative estimate of drug-likeness (QED) is 0.366. The molecule has 7 heteroatoms. The highest BCUT2D eigenvalue weighted by Crippen LogP contribution is 2.29. The molecule has 0 unspecified atom stereocenters. The summed E-state index contributed by atoms with van der Waals surface area (Å²) in [4.78, 5) is 21.9. The van der Waals surface area contributed by atoms with Crippen LogP contribution in [0.15, 0.2) is 24.3 Å². The van der Waals surface area contributed by atoms with E-state index in [1.54, 1.807) is 6.92 Å². The Morgan fingerprint density at radius 3 is 2.21 bits per heavy atom. The number of halogens is 4. The summed E-state index contributed by atoms with van der Waals surface area (Å²) in [5.41, 5.74) is -0.853. The molecule has 19 heavy (non-hydrogen) atoms. The molecular formula is C12H10BrF3O3. The number of ketones is 1. The van der Waals surface area contributed by atoms with Crippen LogP contribution in [-0.2, 0) is 15.7 Å². The fraction of sp³-hybridized carbons (Fsp3) is 0.333. The standard InChI is InChI=1S/C12H10BrF3O3/c1-2-19-11(18)9(13)10(17)7-3-5-8(6-4-7)12(14,15)16/h3-6,9H,2H2,1H3/t9-/m1/s1. The van der Waals surface area contributed by atoms with Gasteiger partial charge in [-0.3, -0.25) is 9.59 Å². The number of carbonyl (C=O) groups is 2. The van der Waals surface area contributed by atoms with Gasteiger partial charge in [0.2, 0.25) is 0 Å². The van der Waals surface area contributed by atoms with E-state index in [0.717, 1.165) is 24.3 Å². The molecule has 0 radical (unpaired) electrons. The van der Waals surface area contributed by atoms with E-state index in [-0.39, 0.29) is 12.2 Å². The van der Waals surface area contributed by atoms with Crippen LogP contribution in [0.5, 0.6) is 0 Å². The van der Waals surface area contributed by atoms with Crippen molar-refractivity contribution in [1.82, 2.24) is 0 Å². The van der Waals surface area contributed by atoms with E-state index in [4.69, 9.17) is 0 Å². The SMILES string of the molecule is CCOC(=O)[C@H](Br)C(=O)c1ccc(C(F)(F)F)cc1. The molecule has 0 saturated heterocycles. The molecule has 3 nitrogen and oxygen atoms in total. The maximum atomic E-state index is 12.3. The molecule has 1 atom stereocenters. The first-order valence-electron chi connectivity index (χ1n) is 5.29. The van der Waals surface area contributed by atoms with Crippen molar-refractivity contribution in [2.75, 3.05) is 6.61 Å². The minimum atomic E-state index is -4.46. The van der Waals surface area contributed by atoms with Crippen LogP contribution in [0.4, 0.5) is 13.2 Å². The third kappa shape index (κ3) is 4.05. The fourth-order valence-corrected chi connectivity index (χ4v) is 1.69. The van der Waals surface area contributed by atoms with Crippen LogP contribution >= 0.6 is 15.9 Å². The lowest BCUT2D eigenvalue weighted by Gasteiger charge is -2.10. The Morgan fingerprint density at radius 2 is 1.79 bits per heavy atom. The molecule has 0 aliphatic heterocycles. The van der Waals surface area contributed by atoms with Crippen LogP contribution in [-0.4, -0.2) is 23.2 Å². The Morgan fingerprint density at radius 1 is 1.26 bits per heavy atom. The maximum Gasteiger partial charge on any atom is 0.416 e.